The first-order valence-corrected chi connectivity index (χ1v) is 8.46. The van der Waals surface area contributed by atoms with E-state index < -0.39 is 0 Å². The van der Waals surface area contributed by atoms with Crippen LogP contribution in [0.3, 0.4) is 0 Å². The Morgan fingerprint density at radius 2 is 2.27 bits per heavy atom. The van der Waals surface area contributed by atoms with E-state index in [1.54, 1.807) is 10.9 Å². The van der Waals surface area contributed by atoms with Gasteiger partial charge in [-0.1, -0.05) is 19.1 Å². The number of amides is 2. The Bertz CT molecular complexity index is 626. The average molecular weight is 318 g/mol. The standard InChI is InChI=1S/C16H22N4OS/c1-4-22-11-13-6-5-7-15(8-13)19-16(21)18-12(2)14-9-17-20(3)10-14/h5-10,12H,4,11H2,1-3H3,(H2,18,19,21)/t12-/m1/s1. The molecular formula is C16H22N4OS. The number of thioether (sulfide) groups is 1. The lowest BCUT2D eigenvalue weighted by molar-refractivity contribution is 0.249. The first kappa shape index (κ1) is 16.4. The van der Waals surface area contributed by atoms with Gasteiger partial charge < -0.3 is 10.6 Å². The molecule has 5 nitrogen and oxygen atoms in total. The molecule has 2 aromatic rings. The number of anilines is 1. The SMILES string of the molecule is CCSCc1cccc(NC(=O)N[C@H](C)c2cnn(C)c2)c1. The third-order valence-corrected chi connectivity index (χ3v) is 4.18. The van der Waals surface area contributed by atoms with Crippen molar-refractivity contribution in [1.82, 2.24) is 15.1 Å². The zero-order valence-corrected chi connectivity index (χ0v) is 14.0. The molecule has 1 aromatic heterocycles. The minimum absolute atomic E-state index is 0.0903. The highest BCUT2D eigenvalue weighted by atomic mass is 32.2. The molecule has 2 N–H and O–H groups in total. The lowest BCUT2D eigenvalue weighted by Gasteiger charge is -2.13. The molecule has 0 saturated heterocycles. The molecule has 0 aliphatic carbocycles. The predicted molar refractivity (Wildman–Crippen MR) is 92.1 cm³/mol. The number of nitrogens with zero attached hydrogens (tertiary/aromatic N) is 2. The minimum Gasteiger partial charge on any atom is -0.331 e. The number of urea groups is 1. The van der Waals surface area contributed by atoms with Gasteiger partial charge in [0.2, 0.25) is 0 Å². The lowest BCUT2D eigenvalue weighted by atomic mass is 10.2. The van der Waals surface area contributed by atoms with Crippen LogP contribution in [0.4, 0.5) is 10.5 Å². The molecule has 6 heteroatoms. The zero-order valence-electron chi connectivity index (χ0n) is 13.2. The second-order valence-corrected chi connectivity index (χ2v) is 6.38. The van der Waals surface area contributed by atoms with Gasteiger partial charge in [-0.3, -0.25) is 4.68 Å². The molecule has 0 aliphatic heterocycles. The fraction of sp³-hybridized carbons (Fsp3) is 0.375. The molecule has 1 atom stereocenters. The summed E-state index contributed by atoms with van der Waals surface area (Å²) in [6.45, 7) is 4.07. The summed E-state index contributed by atoms with van der Waals surface area (Å²) in [5.41, 5.74) is 3.00. The van der Waals surface area contributed by atoms with E-state index in [2.05, 4.69) is 28.7 Å². The first-order valence-electron chi connectivity index (χ1n) is 7.31. The molecule has 0 unspecified atom stereocenters. The largest absolute Gasteiger partial charge is 0.331 e. The maximum Gasteiger partial charge on any atom is 0.319 e. The van der Waals surface area contributed by atoms with Gasteiger partial charge in [-0.2, -0.15) is 16.9 Å². The smallest absolute Gasteiger partial charge is 0.319 e. The monoisotopic (exact) mass is 318 g/mol. The molecule has 2 amide bonds. The van der Waals surface area contributed by atoms with Crippen LogP contribution in [-0.4, -0.2) is 21.6 Å². The number of benzene rings is 1. The van der Waals surface area contributed by atoms with Crippen LogP contribution in [0.5, 0.6) is 0 Å². The normalized spacial score (nSPS) is 12.0. The number of hydrogen-bond acceptors (Lipinski definition) is 3. The molecule has 0 spiro atoms. The Balaban J connectivity index is 1.91. The summed E-state index contributed by atoms with van der Waals surface area (Å²) in [7, 11) is 1.86. The van der Waals surface area contributed by atoms with Crippen molar-refractivity contribution in [2.75, 3.05) is 11.1 Å². The summed E-state index contributed by atoms with van der Waals surface area (Å²) < 4.78 is 1.72. The predicted octanol–water partition coefficient (Wildman–Crippen LogP) is 3.56. The number of aromatic nitrogens is 2. The van der Waals surface area contributed by atoms with Crippen molar-refractivity contribution in [1.29, 1.82) is 0 Å². The molecule has 0 bridgehead atoms. The van der Waals surface area contributed by atoms with E-state index in [1.165, 1.54) is 5.56 Å². The van der Waals surface area contributed by atoms with Crippen molar-refractivity contribution in [3.05, 3.63) is 47.8 Å². The average Bonchev–Trinajstić information content (AvgIpc) is 2.92. The molecular weight excluding hydrogens is 296 g/mol. The van der Waals surface area contributed by atoms with E-state index in [9.17, 15) is 4.79 Å². The fourth-order valence-corrected chi connectivity index (χ4v) is 2.69. The Hall–Kier alpha value is -1.95. The summed E-state index contributed by atoms with van der Waals surface area (Å²) in [5.74, 6) is 2.04. The highest BCUT2D eigenvalue weighted by Crippen LogP contribution is 2.17. The van der Waals surface area contributed by atoms with Gasteiger partial charge in [0.25, 0.3) is 0 Å². The van der Waals surface area contributed by atoms with E-state index in [1.807, 2.05) is 50.1 Å². The van der Waals surface area contributed by atoms with E-state index in [-0.39, 0.29) is 12.1 Å². The zero-order chi connectivity index (χ0) is 15.9. The summed E-state index contributed by atoms with van der Waals surface area (Å²) in [6.07, 6.45) is 3.65. The van der Waals surface area contributed by atoms with Gasteiger partial charge in [-0.25, -0.2) is 4.79 Å². The van der Waals surface area contributed by atoms with Crippen molar-refractivity contribution < 1.29 is 4.79 Å². The minimum atomic E-state index is -0.211. The van der Waals surface area contributed by atoms with E-state index >= 15 is 0 Å². The fourth-order valence-electron chi connectivity index (χ4n) is 2.07. The van der Waals surface area contributed by atoms with Crippen molar-refractivity contribution in [2.45, 2.75) is 25.6 Å². The number of hydrogen-bond donors (Lipinski definition) is 2. The molecule has 0 aliphatic rings. The third kappa shape index (κ3) is 4.80. The van der Waals surface area contributed by atoms with Gasteiger partial charge in [0.05, 0.1) is 12.2 Å². The van der Waals surface area contributed by atoms with Crippen LogP contribution in [0.15, 0.2) is 36.7 Å². The van der Waals surface area contributed by atoms with E-state index in [0.29, 0.717) is 0 Å². The number of nitrogens with one attached hydrogen (secondary N) is 2. The molecule has 0 saturated carbocycles. The third-order valence-electron chi connectivity index (χ3n) is 3.23. The van der Waals surface area contributed by atoms with Crippen molar-refractivity contribution in [2.24, 2.45) is 7.05 Å². The van der Waals surface area contributed by atoms with Crippen LogP contribution in [0.25, 0.3) is 0 Å². The van der Waals surface area contributed by atoms with Crippen LogP contribution in [0.1, 0.15) is 31.0 Å². The summed E-state index contributed by atoms with van der Waals surface area (Å²) in [4.78, 5) is 12.1. The topological polar surface area (TPSA) is 59.0 Å². The van der Waals surface area contributed by atoms with Gasteiger partial charge in [0, 0.05) is 30.2 Å². The second-order valence-electron chi connectivity index (χ2n) is 5.11. The Kier molecular flexibility index (Phi) is 5.89. The maximum atomic E-state index is 12.1. The van der Waals surface area contributed by atoms with Crippen molar-refractivity contribution in [3.63, 3.8) is 0 Å². The van der Waals surface area contributed by atoms with Crippen LogP contribution in [0, 0.1) is 0 Å². The van der Waals surface area contributed by atoms with E-state index in [4.69, 9.17) is 0 Å². The highest BCUT2D eigenvalue weighted by molar-refractivity contribution is 7.98. The van der Waals surface area contributed by atoms with Crippen LogP contribution in [0.2, 0.25) is 0 Å². The van der Waals surface area contributed by atoms with Gasteiger partial charge in [0.15, 0.2) is 0 Å². The summed E-state index contributed by atoms with van der Waals surface area (Å²) in [5, 5.41) is 9.90. The Labute approximate surface area is 135 Å². The highest BCUT2D eigenvalue weighted by Gasteiger charge is 2.11. The molecule has 1 aromatic carbocycles. The molecule has 0 radical (unpaired) electrons. The van der Waals surface area contributed by atoms with Crippen molar-refractivity contribution in [3.8, 4) is 0 Å². The molecule has 2 rings (SSSR count). The van der Waals surface area contributed by atoms with Crippen LogP contribution >= 0.6 is 11.8 Å². The molecule has 22 heavy (non-hydrogen) atoms. The van der Waals surface area contributed by atoms with Gasteiger partial charge >= 0.3 is 6.03 Å². The Morgan fingerprint density at radius 1 is 1.45 bits per heavy atom. The van der Waals surface area contributed by atoms with Gasteiger partial charge in [-0.05, 0) is 30.4 Å². The lowest BCUT2D eigenvalue weighted by Crippen LogP contribution is -2.31. The van der Waals surface area contributed by atoms with Crippen LogP contribution in [-0.2, 0) is 12.8 Å². The number of carbonyl (C=O) groups excluding carboxylic acids is 1. The Morgan fingerprint density at radius 3 is 2.95 bits per heavy atom. The molecule has 1 heterocycles. The van der Waals surface area contributed by atoms with Gasteiger partial charge in [-0.15, -0.1) is 0 Å². The molecule has 118 valence electrons. The number of rotatable bonds is 6. The molecule has 0 fully saturated rings. The summed E-state index contributed by atoms with van der Waals surface area (Å²) in [6, 6.07) is 7.64. The summed E-state index contributed by atoms with van der Waals surface area (Å²) >= 11 is 1.86. The second kappa shape index (κ2) is 7.89. The number of aryl methyl sites for hydroxylation is 1. The first-order chi connectivity index (χ1) is 10.6. The van der Waals surface area contributed by atoms with E-state index in [0.717, 1.165) is 22.8 Å². The maximum absolute atomic E-state index is 12.1. The quantitative estimate of drug-likeness (QED) is 0.856. The van der Waals surface area contributed by atoms with Gasteiger partial charge in [0.1, 0.15) is 0 Å². The van der Waals surface area contributed by atoms with Crippen LogP contribution < -0.4 is 10.6 Å². The number of carbonyl (C=O) groups is 1. The van der Waals surface area contributed by atoms with Crippen molar-refractivity contribution >= 4 is 23.5 Å².